The highest BCUT2D eigenvalue weighted by molar-refractivity contribution is 5.83. The minimum absolute atomic E-state index is 0.0488. The Bertz CT molecular complexity index is 534. The first-order chi connectivity index (χ1) is 10.3. The second kappa shape index (κ2) is 6.66. The van der Waals surface area contributed by atoms with E-state index in [-0.39, 0.29) is 17.6 Å². The first kappa shape index (κ1) is 16.8. The molecule has 4 nitrogen and oxygen atoms in total. The fourth-order valence-electron chi connectivity index (χ4n) is 2.54. The van der Waals surface area contributed by atoms with E-state index < -0.39 is 23.8 Å². The Morgan fingerprint density at radius 2 is 2.09 bits per heavy atom. The largest absolute Gasteiger partial charge is 0.416 e. The summed E-state index contributed by atoms with van der Waals surface area (Å²) in [4.78, 5) is 12.2. The molecule has 2 N–H and O–H groups in total. The topological polar surface area (TPSA) is 50.4 Å². The maximum absolute atomic E-state index is 13.0. The summed E-state index contributed by atoms with van der Waals surface area (Å²) in [6, 6.07) is 3.94. The van der Waals surface area contributed by atoms with Crippen molar-refractivity contribution in [1.82, 2.24) is 10.6 Å². The average Bonchev–Trinajstić information content (AvgIpc) is 2.46. The number of carbonyl (C=O) groups excluding carboxylic acids is 1. The van der Waals surface area contributed by atoms with E-state index in [0.717, 1.165) is 6.07 Å². The third-order valence-electron chi connectivity index (χ3n) is 3.69. The lowest BCUT2D eigenvalue weighted by atomic mass is 10.00. The molecule has 0 spiro atoms. The Morgan fingerprint density at radius 3 is 2.73 bits per heavy atom. The van der Waals surface area contributed by atoms with Crippen LogP contribution in [-0.4, -0.2) is 31.2 Å². The molecule has 1 heterocycles. The number of nitrogens with one attached hydrogen (secondary N) is 2. The Kier molecular flexibility index (Phi) is 5.08. The molecule has 0 aromatic heterocycles. The molecule has 1 amide bonds. The quantitative estimate of drug-likeness (QED) is 0.899. The van der Waals surface area contributed by atoms with Crippen molar-refractivity contribution in [1.29, 1.82) is 0 Å². The van der Waals surface area contributed by atoms with Gasteiger partial charge in [0.25, 0.3) is 0 Å². The Hall–Kier alpha value is -1.60. The number of halogens is 3. The summed E-state index contributed by atoms with van der Waals surface area (Å²) in [5.74, 6) is -0.364. The second-order valence-corrected chi connectivity index (χ2v) is 5.32. The van der Waals surface area contributed by atoms with Crippen molar-refractivity contribution >= 4 is 5.91 Å². The number of rotatable bonds is 3. The third kappa shape index (κ3) is 3.78. The van der Waals surface area contributed by atoms with Crippen LogP contribution >= 0.6 is 0 Å². The summed E-state index contributed by atoms with van der Waals surface area (Å²) in [5.41, 5.74) is -0.684. The molecule has 0 radical (unpaired) electrons. The van der Waals surface area contributed by atoms with Gasteiger partial charge in [0, 0.05) is 6.54 Å². The lowest BCUT2D eigenvalue weighted by Crippen LogP contribution is -2.55. The van der Waals surface area contributed by atoms with E-state index >= 15 is 0 Å². The van der Waals surface area contributed by atoms with Crippen LogP contribution in [0.5, 0.6) is 0 Å². The molecule has 1 fully saturated rings. The molecule has 1 aliphatic heterocycles. The van der Waals surface area contributed by atoms with Gasteiger partial charge in [-0.05, 0) is 25.5 Å². The van der Waals surface area contributed by atoms with Crippen LogP contribution in [0, 0.1) is 0 Å². The molecule has 22 heavy (non-hydrogen) atoms. The number of alkyl halides is 3. The van der Waals surface area contributed by atoms with Crippen molar-refractivity contribution in [2.24, 2.45) is 0 Å². The summed E-state index contributed by atoms with van der Waals surface area (Å²) in [5, 5.41) is 5.64. The van der Waals surface area contributed by atoms with Crippen LogP contribution in [0.25, 0.3) is 0 Å². The zero-order valence-corrected chi connectivity index (χ0v) is 12.4. The molecular weight excluding hydrogens is 297 g/mol. The van der Waals surface area contributed by atoms with E-state index in [1.54, 1.807) is 6.92 Å². The van der Waals surface area contributed by atoms with Crippen molar-refractivity contribution in [3.63, 3.8) is 0 Å². The van der Waals surface area contributed by atoms with Crippen molar-refractivity contribution in [2.75, 3.05) is 13.2 Å². The van der Waals surface area contributed by atoms with Gasteiger partial charge in [-0.15, -0.1) is 0 Å². The highest BCUT2D eigenvalue weighted by atomic mass is 19.4. The number of carbonyl (C=O) groups is 1. The highest BCUT2D eigenvalue weighted by Crippen LogP contribution is 2.34. The number of hydrogen-bond acceptors (Lipinski definition) is 3. The van der Waals surface area contributed by atoms with Crippen LogP contribution in [0.1, 0.15) is 31.0 Å². The van der Waals surface area contributed by atoms with Crippen LogP contribution in [-0.2, 0) is 15.7 Å². The van der Waals surface area contributed by atoms with Gasteiger partial charge >= 0.3 is 6.18 Å². The standard InChI is InChI=1S/C15H19F3N2O2/c1-9(11-5-3-4-6-12(11)15(16,17)18)20-14(21)13-10(2)22-8-7-19-13/h3-6,9-10,13,19H,7-8H2,1-2H3,(H,20,21)/t9?,10-,13+/m1/s1. The first-order valence-corrected chi connectivity index (χ1v) is 7.12. The number of amides is 1. The van der Waals surface area contributed by atoms with Gasteiger partial charge in [-0.3, -0.25) is 4.79 Å². The number of hydrogen-bond donors (Lipinski definition) is 2. The molecule has 1 saturated heterocycles. The maximum atomic E-state index is 13.0. The van der Waals surface area contributed by atoms with Gasteiger partial charge < -0.3 is 15.4 Å². The van der Waals surface area contributed by atoms with Crippen LogP contribution in [0.3, 0.4) is 0 Å². The molecule has 0 aliphatic carbocycles. The molecule has 1 aromatic rings. The van der Waals surface area contributed by atoms with Crippen molar-refractivity contribution < 1.29 is 22.7 Å². The molecule has 0 bridgehead atoms. The smallest absolute Gasteiger partial charge is 0.375 e. The highest BCUT2D eigenvalue weighted by Gasteiger charge is 2.35. The summed E-state index contributed by atoms with van der Waals surface area (Å²) in [7, 11) is 0. The van der Waals surface area contributed by atoms with Crippen LogP contribution in [0.4, 0.5) is 13.2 Å². The SMILES string of the molecule is CC(NC(=O)[C@H]1NCCO[C@@H]1C)c1ccccc1C(F)(F)F. The van der Waals surface area contributed by atoms with Crippen LogP contribution in [0.15, 0.2) is 24.3 Å². The predicted octanol–water partition coefficient (Wildman–Crippen LogP) is 2.26. The van der Waals surface area contributed by atoms with Gasteiger partial charge in [0.2, 0.25) is 5.91 Å². The van der Waals surface area contributed by atoms with Gasteiger partial charge in [-0.25, -0.2) is 0 Å². The fourth-order valence-corrected chi connectivity index (χ4v) is 2.54. The zero-order chi connectivity index (χ0) is 16.3. The van der Waals surface area contributed by atoms with Crippen molar-refractivity contribution in [2.45, 2.75) is 38.2 Å². The second-order valence-electron chi connectivity index (χ2n) is 5.32. The summed E-state index contributed by atoms with van der Waals surface area (Å²) in [6.07, 6.45) is -4.77. The monoisotopic (exact) mass is 316 g/mol. The molecule has 2 rings (SSSR count). The number of benzene rings is 1. The van der Waals surface area contributed by atoms with Gasteiger partial charge in [0.05, 0.1) is 24.3 Å². The number of ether oxygens (including phenoxy) is 1. The predicted molar refractivity (Wildman–Crippen MR) is 75.2 cm³/mol. The van der Waals surface area contributed by atoms with E-state index in [1.165, 1.54) is 25.1 Å². The fraction of sp³-hybridized carbons (Fsp3) is 0.533. The van der Waals surface area contributed by atoms with Gasteiger partial charge in [-0.1, -0.05) is 18.2 Å². The third-order valence-corrected chi connectivity index (χ3v) is 3.69. The Morgan fingerprint density at radius 1 is 1.41 bits per heavy atom. The van der Waals surface area contributed by atoms with Crippen LogP contribution in [0.2, 0.25) is 0 Å². The molecule has 1 unspecified atom stereocenters. The zero-order valence-electron chi connectivity index (χ0n) is 12.4. The summed E-state index contributed by atoms with van der Waals surface area (Å²) >= 11 is 0. The molecular formula is C15H19F3N2O2. The van der Waals surface area contributed by atoms with Gasteiger partial charge in [-0.2, -0.15) is 13.2 Å². The molecule has 1 aromatic carbocycles. The molecule has 122 valence electrons. The minimum Gasteiger partial charge on any atom is -0.375 e. The number of morpholine rings is 1. The summed E-state index contributed by atoms with van der Waals surface area (Å²) in [6.45, 7) is 4.34. The van der Waals surface area contributed by atoms with Crippen molar-refractivity contribution in [3.05, 3.63) is 35.4 Å². The molecule has 7 heteroatoms. The maximum Gasteiger partial charge on any atom is 0.416 e. The normalized spacial score (nSPS) is 23.9. The molecule has 0 saturated carbocycles. The van der Waals surface area contributed by atoms with E-state index in [0.29, 0.717) is 13.2 Å². The van der Waals surface area contributed by atoms with E-state index in [1.807, 2.05) is 0 Å². The average molecular weight is 316 g/mol. The van der Waals surface area contributed by atoms with Crippen LogP contribution < -0.4 is 10.6 Å². The Balaban J connectivity index is 2.12. The van der Waals surface area contributed by atoms with E-state index in [9.17, 15) is 18.0 Å². The molecule has 3 atom stereocenters. The van der Waals surface area contributed by atoms with E-state index in [4.69, 9.17) is 4.74 Å². The van der Waals surface area contributed by atoms with Crippen molar-refractivity contribution in [3.8, 4) is 0 Å². The lowest BCUT2D eigenvalue weighted by Gasteiger charge is -2.30. The molecule has 1 aliphatic rings. The van der Waals surface area contributed by atoms with Gasteiger partial charge in [0.15, 0.2) is 0 Å². The van der Waals surface area contributed by atoms with E-state index in [2.05, 4.69) is 10.6 Å². The van der Waals surface area contributed by atoms with Gasteiger partial charge in [0.1, 0.15) is 6.04 Å². The lowest BCUT2D eigenvalue weighted by molar-refractivity contribution is -0.139. The Labute approximate surface area is 127 Å². The first-order valence-electron chi connectivity index (χ1n) is 7.12. The summed E-state index contributed by atoms with van der Waals surface area (Å²) < 4.78 is 44.4. The minimum atomic E-state index is -4.45.